The number of hydrogen-bond acceptors (Lipinski definition) is 8. The second-order valence-corrected chi connectivity index (χ2v) is 8.85. The fourth-order valence-electron chi connectivity index (χ4n) is 3.93. The Kier molecular flexibility index (Phi) is 8.29. The van der Waals surface area contributed by atoms with Gasteiger partial charge in [0.05, 0.1) is 44.0 Å². The van der Waals surface area contributed by atoms with Crippen LogP contribution < -0.4 is 14.8 Å². The van der Waals surface area contributed by atoms with E-state index in [0.29, 0.717) is 42.5 Å². The fourth-order valence-corrected chi connectivity index (χ4v) is 4.71. The number of hydrogen-bond donors (Lipinski definition) is 1. The average molecular weight is 508 g/mol. The van der Waals surface area contributed by atoms with Crippen LogP contribution in [0.1, 0.15) is 21.6 Å². The van der Waals surface area contributed by atoms with E-state index >= 15 is 0 Å². The van der Waals surface area contributed by atoms with Gasteiger partial charge in [-0.3, -0.25) is 14.8 Å². The monoisotopic (exact) mass is 507 g/mol. The molecule has 0 aliphatic carbocycles. The van der Waals surface area contributed by atoms with Crippen molar-refractivity contribution < 1.29 is 19.0 Å². The molecule has 0 aliphatic rings. The largest absolute Gasteiger partial charge is 0.493 e. The van der Waals surface area contributed by atoms with Crippen molar-refractivity contribution in [3.8, 4) is 33.6 Å². The summed E-state index contributed by atoms with van der Waals surface area (Å²) in [6.45, 7) is 3.50. The summed E-state index contributed by atoms with van der Waals surface area (Å²) in [5.41, 5.74) is 4.95. The molecule has 1 aromatic carbocycles. The first-order valence-electron chi connectivity index (χ1n) is 11.5. The summed E-state index contributed by atoms with van der Waals surface area (Å²) < 4.78 is 18.0. The van der Waals surface area contributed by atoms with Gasteiger partial charge in [0.2, 0.25) is 0 Å². The minimum Gasteiger partial charge on any atom is -0.493 e. The van der Waals surface area contributed by atoms with E-state index in [9.17, 15) is 4.79 Å². The van der Waals surface area contributed by atoms with Crippen LogP contribution in [0.4, 0.5) is 0 Å². The second kappa shape index (κ2) is 11.8. The summed E-state index contributed by atoms with van der Waals surface area (Å²) in [6, 6.07) is 7.80. The van der Waals surface area contributed by atoms with Crippen LogP contribution in [-0.2, 0) is 17.7 Å². The molecule has 9 nitrogen and oxygen atoms in total. The van der Waals surface area contributed by atoms with Gasteiger partial charge in [-0.15, -0.1) is 11.3 Å². The van der Waals surface area contributed by atoms with Gasteiger partial charge in [-0.1, -0.05) is 6.07 Å². The predicted octanol–water partition coefficient (Wildman–Crippen LogP) is 4.01. The third-order valence-corrected chi connectivity index (χ3v) is 6.69. The molecule has 4 rings (SSSR count). The van der Waals surface area contributed by atoms with Crippen LogP contribution in [0.3, 0.4) is 0 Å². The van der Waals surface area contributed by atoms with Crippen LogP contribution in [0, 0.1) is 6.92 Å². The van der Waals surface area contributed by atoms with Crippen LogP contribution in [0.15, 0.2) is 48.2 Å². The van der Waals surface area contributed by atoms with E-state index in [0.717, 1.165) is 34.1 Å². The van der Waals surface area contributed by atoms with Gasteiger partial charge in [-0.25, -0.2) is 4.98 Å². The fraction of sp³-hybridized carbons (Fsp3) is 0.308. The normalized spacial score (nSPS) is 10.9. The Morgan fingerprint density at radius 2 is 1.92 bits per heavy atom. The van der Waals surface area contributed by atoms with Gasteiger partial charge in [0.25, 0.3) is 5.91 Å². The van der Waals surface area contributed by atoms with Crippen molar-refractivity contribution in [2.75, 3.05) is 34.5 Å². The van der Waals surface area contributed by atoms with Crippen molar-refractivity contribution in [1.29, 1.82) is 0 Å². The maximum Gasteiger partial charge on any atom is 0.253 e. The number of ether oxygens (including phenoxy) is 3. The van der Waals surface area contributed by atoms with Crippen molar-refractivity contribution in [1.82, 2.24) is 24.8 Å². The van der Waals surface area contributed by atoms with E-state index in [-0.39, 0.29) is 5.91 Å². The molecule has 0 atom stereocenters. The molecule has 0 saturated heterocycles. The third kappa shape index (κ3) is 5.55. The Morgan fingerprint density at radius 3 is 2.64 bits per heavy atom. The lowest BCUT2D eigenvalue weighted by atomic mass is 10.1. The SMILES string of the molecule is COCCNC(=O)c1cc(-c2csc(-c3cnccn3)n2)n(CCc2ccc(OC)c(OC)c2)c1C. The highest BCUT2D eigenvalue weighted by atomic mass is 32.1. The number of nitrogens with zero attached hydrogens (tertiary/aromatic N) is 4. The van der Waals surface area contributed by atoms with Gasteiger partial charge in [0.1, 0.15) is 10.7 Å². The summed E-state index contributed by atoms with van der Waals surface area (Å²) in [4.78, 5) is 26.3. The number of methoxy groups -OCH3 is 3. The van der Waals surface area contributed by atoms with Crippen molar-refractivity contribution in [3.05, 3.63) is 65.1 Å². The molecule has 0 unspecified atom stereocenters. The third-order valence-electron chi connectivity index (χ3n) is 5.82. The zero-order valence-electron chi connectivity index (χ0n) is 20.8. The zero-order chi connectivity index (χ0) is 25.5. The molecule has 4 aromatic rings. The molecule has 0 bridgehead atoms. The number of carbonyl (C=O) groups is 1. The first-order chi connectivity index (χ1) is 17.5. The molecule has 1 N–H and O–H groups in total. The van der Waals surface area contributed by atoms with Crippen molar-refractivity contribution in [2.24, 2.45) is 0 Å². The first kappa shape index (κ1) is 25.3. The lowest BCUT2D eigenvalue weighted by Gasteiger charge is -2.13. The highest BCUT2D eigenvalue weighted by Crippen LogP contribution is 2.32. The summed E-state index contributed by atoms with van der Waals surface area (Å²) in [5.74, 6) is 1.24. The standard InChI is InChI=1S/C26H29N5O4S/c1-17-19(25(32)29-10-12-33-2)14-22(21-16-36-26(30-21)20-15-27-8-9-28-20)31(17)11-7-18-5-6-23(34-3)24(13-18)35-4/h5-6,8-9,13-16H,7,10-12H2,1-4H3,(H,29,32). The quantitative estimate of drug-likeness (QED) is 0.306. The molecule has 3 aromatic heterocycles. The second-order valence-electron chi connectivity index (χ2n) is 8.00. The molecular formula is C26H29N5O4S. The van der Waals surface area contributed by atoms with Gasteiger partial charge in [-0.05, 0) is 37.1 Å². The Labute approximate surface area is 214 Å². The number of aromatic nitrogens is 4. The highest BCUT2D eigenvalue weighted by molar-refractivity contribution is 7.13. The van der Waals surface area contributed by atoms with Crippen LogP contribution in [0.25, 0.3) is 22.1 Å². The molecule has 0 fully saturated rings. The number of thiazole rings is 1. The molecule has 188 valence electrons. The van der Waals surface area contributed by atoms with E-state index in [4.69, 9.17) is 19.2 Å². The van der Waals surface area contributed by atoms with E-state index in [1.165, 1.54) is 11.3 Å². The molecule has 0 aliphatic heterocycles. The molecule has 10 heteroatoms. The van der Waals surface area contributed by atoms with Crippen molar-refractivity contribution in [2.45, 2.75) is 19.9 Å². The van der Waals surface area contributed by atoms with Gasteiger partial charge in [-0.2, -0.15) is 0 Å². The van der Waals surface area contributed by atoms with Crippen LogP contribution in [0.5, 0.6) is 11.5 Å². The maximum absolute atomic E-state index is 12.9. The minimum atomic E-state index is -0.139. The van der Waals surface area contributed by atoms with Crippen LogP contribution in [0.2, 0.25) is 0 Å². The van der Waals surface area contributed by atoms with E-state index < -0.39 is 0 Å². The number of amides is 1. The Balaban J connectivity index is 1.66. The predicted molar refractivity (Wildman–Crippen MR) is 139 cm³/mol. The smallest absolute Gasteiger partial charge is 0.253 e. The molecule has 1 amide bonds. The highest BCUT2D eigenvalue weighted by Gasteiger charge is 2.20. The lowest BCUT2D eigenvalue weighted by Crippen LogP contribution is -2.27. The maximum atomic E-state index is 12.9. The van der Waals surface area contributed by atoms with Crippen molar-refractivity contribution in [3.63, 3.8) is 0 Å². The minimum absolute atomic E-state index is 0.139. The summed E-state index contributed by atoms with van der Waals surface area (Å²) in [5, 5.41) is 5.68. The van der Waals surface area contributed by atoms with Crippen molar-refractivity contribution >= 4 is 17.2 Å². The number of aryl methyl sites for hydroxylation is 1. The van der Waals surface area contributed by atoms with Gasteiger partial charge >= 0.3 is 0 Å². The van der Waals surface area contributed by atoms with Gasteiger partial charge < -0.3 is 24.1 Å². The summed E-state index contributed by atoms with van der Waals surface area (Å²) in [6.07, 6.45) is 5.71. The summed E-state index contributed by atoms with van der Waals surface area (Å²) >= 11 is 1.50. The van der Waals surface area contributed by atoms with Gasteiger partial charge in [0.15, 0.2) is 11.5 Å². The first-order valence-corrected chi connectivity index (χ1v) is 12.3. The Bertz CT molecular complexity index is 1320. The molecule has 0 saturated carbocycles. The van der Waals surface area contributed by atoms with Crippen LogP contribution in [-0.4, -0.2) is 59.9 Å². The molecule has 0 radical (unpaired) electrons. The number of carbonyl (C=O) groups excluding carboxylic acids is 1. The number of benzene rings is 1. The topological polar surface area (TPSA) is 100 Å². The zero-order valence-corrected chi connectivity index (χ0v) is 21.6. The Hall–Kier alpha value is -3.76. The molecule has 3 heterocycles. The molecular weight excluding hydrogens is 478 g/mol. The average Bonchev–Trinajstić information content (AvgIpc) is 3.52. The van der Waals surface area contributed by atoms with Crippen LogP contribution >= 0.6 is 11.3 Å². The molecule has 0 spiro atoms. The molecule has 36 heavy (non-hydrogen) atoms. The van der Waals surface area contributed by atoms with E-state index in [1.54, 1.807) is 39.9 Å². The number of rotatable bonds is 11. The number of nitrogens with one attached hydrogen (secondary N) is 1. The Morgan fingerprint density at radius 1 is 1.08 bits per heavy atom. The summed E-state index contributed by atoms with van der Waals surface area (Å²) in [7, 11) is 4.85. The van der Waals surface area contributed by atoms with E-state index in [1.807, 2.05) is 36.6 Å². The lowest BCUT2D eigenvalue weighted by molar-refractivity contribution is 0.0936. The van der Waals surface area contributed by atoms with E-state index in [2.05, 4.69) is 19.9 Å². The van der Waals surface area contributed by atoms with Gasteiger partial charge in [0, 0.05) is 43.7 Å².